The molecule has 16 heavy (non-hydrogen) atoms. The Morgan fingerprint density at radius 2 is 1.25 bits per heavy atom. The van der Waals surface area contributed by atoms with Crippen molar-refractivity contribution in [2.45, 2.75) is 13.3 Å². The van der Waals surface area contributed by atoms with E-state index in [4.69, 9.17) is 5.11 Å². The van der Waals surface area contributed by atoms with Crippen LogP contribution in [0.15, 0.2) is 48.5 Å². The maximum Gasteiger partial charge on any atom is 0.115 e. The average molecular weight is 425 g/mol. The summed E-state index contributed by atoms with van der Waals surface area (Å²) in [7, 11) is 0. The van der Waals surface area contributed by atoms with E-state index in [1.807, 2.05) is 12.1 Å². The zero-order chi connectivity index (χ0) is 10.7. The van der Waals surface area contributed by atoms with Gasteiger partial charge in [0.2, 0.25) is 0 Å². The molecule has 0 aliphatic carbocycles. The molecule has 2 aromatic rings. The van der Waals surface area contributed by atoms with Crippen LogP contribution in [0.3, 0.4) is 0 Å². The smallest absolute Gasteiger partial charge is 0.115 e. The van der Waals surface area contributed by atoms with Crippen molar-refractivity contribution in [1.29, 1.82) is 0 Å². The third kappa shape index (κ3) is 3.92. The first-order valence-corrected chi connectivity index (χ1v) is 5.07. The third-order valence-corrected chi connectivity index (χ3v) is 2.47. The quantitative estimate of drug-likeness (QED) is 0.783. The number of hydrogen-bond donors (Lipinski definition) is 1. The normalized spacial score (nSPS) is 9.56. The average Bonchev–Trinajstić information content (AvgIpc) is 2.25. The number of phenols is 1. The molecular weight excluding hydrogens is 411 g/mol. The van der Waals surface area contributed by atoms with Gasteiger partial charge in [0.1, 0.15) is 5.75 Å². The Hall–Kier alpha value is -0.318. The molecule has 0 aliphatic heterocycles. The van der Waals surface area contributed by atoms with Crippen molar-refractivity contribution in [2.75, 3.05) is 0 Å². The van der Waals surface area contributed by atoms with Gasteiger partial charge in [0.05, 0.1) is 0 Å². The molecule has 1 nitrogen and oxygen atoms in total. The largest absolute Gasteiger partial charge is 0.508 e. The van der Waals surface area contributed by atoms with Crippen LogP contribution in [-0.2, 0) is 6.42 Å². The number of benzene rings is 2. The SMILES string of the molecule is Cc1ccc(Cc2ccc(O)cc2)cc1.[Ac]. The van der Waals surface area contributed by atoms with Crippen molar-refractivity contribution in [3.05, 3.63) is 65.2 Å². The molecule has 0 aliphatic rings. The van der Waals surface area contributed by atoms with Crippen molar-refractivity contribution in [3.63, 3.8) is 0 Å². The summed E-state index contributed by atoms with van der Waals surface area (Å²) >= 11 is 0. The van der Waals surface area contributed by atoms with Crippen molar-refractivity contribution < 1.29 is 49.2 Å². The summed E-state index contributed by atoms with van der Waals surface area (Å²) in [6, 6.07) is 15.9. The molecule has 0 amide bonds. The first kappa shape index (κ1) is 13.7. The van der Waals surface area contributed by atoms with Gasteiger partial charge in [0.25, 0.3) is 0 Å². The fraction of sp³-hybridized carbons (Fsp3) is 0.143. The van der Waals surface area contributed by atoms with Gasteiger partial charge in [-0.25, -0.2) is 0 Å². The van der Waals surface area contributed by atoms with Gasteiger partial charge in [-0.05, 0) is 36.6 Å². The van der Waals surface area contributed by atoms with E-state index in [2.05, 4.69) is 31.2 Å². The fourth-order valence-electron chi connectivity index (χ4n) is 1.56. The minimum absolute atomic E-state index is 0. The summed E-state index contributed by atoms with van der Waals surface area (Å²) in [4.78, 5) is 0. The van der Waals surface area contributed by atoms with Crippen molar-refractivity contribution >= 4 is 0 Å². The van der Waals surface area contributed by atoms with E-state index in [-0.39, 0.29) is 44.1 Å². The molecule has 0 unspecified atom stereocenters. The minimum Gasteiger partial charge on any atom is -0.508 e. The van der Waals surface area contributed by atoms with Gasteiger partial charge < -0.3 is 5.11 Å². The third-order valence-electron chi connectivity index (χ3n) is 2.47. The van der Waals surface area contributed by atoms with Crippen LogP contribution in [0.25, 0.3) is 0 Å². The Morgan fingerprint density at radius 3 is 1.75 bits per heavy atom. The van der Waals surface area contributed by atoms with Crippen LogP contribution < -0.4 is 0 Å². The first-order valence-electron chi connectivity index (χ1n) is 5.07. The molecule has 0 atom stereocenters. The molecule has 0 spiro atoms. The molecule has 0 bridgehead atoms. The van der Waals surface area contributed by atoms with Crippen molar-refractivity contribution in [3.8, 4) is 5.75 Å². The van der Waals surface area contributed by atoms with Crippen LogP contribution in [-0.4, -0.2) is 5.11 Å². The monoisotopic (exact) mass is 425 g/mol. The van der Waals surface area contributed by atoms with Crippen molar-refractivity contribution in [1.82, 2.24) is 0 Å². The topological polar surface area (TPSA) is 20.2 Å². The second kappa shape index (κ2) is 6.43. The number of aromatic hydroxyl groups is 1. The second-order valence-corrected chi connectivity index (χ2v) is 3.83. The molecular formula is C14H14AcO. The van der Waals surface area contributed by atoms with Gasteiger partial charge in [-0.15, -0.1) is 0 Å². The number of aryl methyl sites for hydroxylation is 1. The minimum atomic E-state index is 0. The zero-order valence-electron chi connectivity index (χ0n) is 9.35. The zero-order valence-corrected chi connectivity index (χ0v) is 14.1. The van der Waals surface area contributed by atoms with Crippen LogP contribution >= 0.6 is 0 Å². The Labute approximate surface area is 132 Å². The number of rotatable bonds is 2. The van der Waals surface area contributed by atoms with E-state index < -0.39 is 0 Å². The maximum atomic E-state index is 9.16. The van der Waals surface area contributed by atoms with E-state index in [9.17, 15) is 0 Å². The van der Waals surface area contributed by atoms with Crippen molar-refractivity contribution in [2.24, 2.45) is 0 Å². The van der Waals surface area contributed by atoms with E-state index >= 15 is 0 Å². The molecule has 79 valence electrons. The molecule has 2 heteroatoms. The van der Waals surface area contributed by atoms with Crippen LogP contribution in [0.5, 0.6) is 5.75 Å². The van der Waals surface area contributed by atoms with Crippen LogP contribution in [0, 0.1) is 51.0 Å². The molecule has 0 saturated heterocycles. The molecule has 2 rings (SSSR count). The molecule has 2 aromatic carbocycles. The Kier molecular flexibility index (Phi) is 5.52. The first-order chi connectivity index (χ1) is 7.24. The van der Waals surface area contributed by atoms with Gasteiger partial charge >= 0.3 is 0 Å². The van der Waals surface area contributed by atoms with Gasteiger partial charge in [-0.2, -0.15) is 0 Å². The summed E-state index contributed by atoms with van der Waals surface area (Å²) in [5, 5.41) is 9.16. The number of hydrogen-bond acceptors (Lipinski definition) is 1. The predicted octanol–water partition coefficient (Wildman–Crippen LogP) is 3.29. The molecule has 1 N–H and O–H groups in total. The van der Waals surface area contributed by atoms with Crippen LogP contribution in [0.4, 0.5) is 0 Å². The Morgan fingerprint density at radius 1 is 0.812 bits per heavy atom. The molecule has 1 radical (unpaired) electrons. The van der Waals surface area contributed by atoms with E-state index in [0.717, 1.165) is 6.42 Å². The molecule has 0 heterocycles. The van der Waals surface area contributed by atoms with Crippen LogP contribution in [0.1, 0.15) is 16.7 Å². The van der Waals surface area contributed by atoms with Gasteiger partial charge in [-0.3, -0.25) is 0 Å². The summed E-state index contributed by atoms with van der Waals surface area (Å²) in [5.41, 5.74) is 3.80. The molecule has 0 aromatic heterocycles. The van der Waals surface area contributed by atoms with E-state index in [1.54, 1.807) is 12.1 Å². The summed E-state index contributed by atoms with van der Waals surface area (Å²) in [5.74, 6) is 0.322. The van der Waals surface area contributed by atoms with Gasteiger partial charge in [-0.1, -0.05) is 42.0 Å². The summed E-state index contributed by atoms with van der Waals surface area (Å²) < 4.78 is 0. The fourth-order valence-corrected chi connectivity index (χ4v) is 1.56. The van der Waals surface area contributed by atoms with Crippen LogP contribution in [0.2, 0.25) is 0 Å². The molecule has 0 saturated carbocycles. The Bertz CT molecular complexity index is 388. The Balaban J connectivity index is 0.00000128. The van der Waals surface area contributed by atoms with Gasteiger partial charge in [0.15, 0.2) is 0 Å². The predicted molar refractivity (Wildman–Crippen MR) is 62.1 cm³/mol. The van der Waals surface area contributed by atoms with Gasteiger partial charge in [0, 0.05) is 44.1 Å². The summed E-state index contributed by atoms with van der Waals surface area (Å²) in [6.45, 7) is 2.09. The standard InChI is InChI=1S/C14H14O.Ac/c1-11-2-4-12(5-3-11)10-13-6-8-14(15)9-7-13;/h2-9,15H,10H2,1H3;. The van der Waals surface area contributed by atoms with E-state index in [0.29, 0.717) is 5.75 Å². The maximum absolute atomic E-state index is 9.16. The van der Waals surface area contributed by atoms with E-state index in [1.165, 1.54) is 16.7 Å². The molecule has 0 fully saturated rings. The second-order valence-electron chi connectivity index (χ2n) is 3.83. The summed E-state index contributed by atoms with van der Waals surface area (Å²) in [6.07, 6.45) is 0.917. The number of phenolic OH excluding ortho intramolecular Hbond substituents is 1.